The number of para-hydroxylation sites is 1. The molecular weight excluding hydrogens is 336 g/mol. The molecule has 1 heterocycles. The third kappa shape index (κ3) is 3.72. The maximum atomic E-state index is 12.2. The van der Waals surface area contributed by atoms with Crippen molar-refractivity contribution in [3.63, 3.8) is 0 Å². The molecular formula is C19H16N2O5. The minimum Gasteiger partial charge on any atom is -0.449 e. The van der Waals surface area contributed by atoms with Crippen molar-refractivity contribution < 1.29 is 23.5 Å². The number of nitrogens with two attached hydrogens (primary N) is 1. The monoisotopic (exact) mass is 352 g/mol. The maximum absolute atomic E-state index is 12.2. The number of amides is 2. The molecule has 0 aliphatic carbocycles. The van der Waals surface area contributed by atoms with Crippen LogP contribution in [-0.4, -0.2) is 23.9 Å². The van der Waals surface area contributed by atoms with Crippen LogP contribution in [0.4, 0.5) is 5.69 Å². The highest BCUT2D eigenvalue weighted by Crippen LogP contribution is 2.20. The van der Waals surface area contributed by atoms with Crippen LogP contribution < -0.4 is 11.1 Å². The van der Waals surface area contributed by atoms with Crippen molar-refractivity contribution in [2.45, 2.75) is 13.0 Å². The molecule has 1 atom stereocenters. The van der Waals surface area contributed by atoms with Gasteiger partial charge in [-0.1, -0.05) is 18.2 Å². The van der Waals surface area contributed by atoms with Gasteiger partial charge >= 0.3 is 5.97 Å². The summed E-state index contributed by atoms with van der Waals surface area (Å²) in [5.41, 5.74) is 6.50. The molecule has 1 aromatic heterocycles. The Labute approximate surface area is 148 Å². The molecule has 0 spiro atoms. The Bertz CT molecular complexity index is 942. The minimum absolute atomic E-state index is 0.0247. The van der Waals surface area contributed by atoms with Crippen LogP contribution in [0, 0.1) is 0 Å². The number of benzene rings is 2. The molecule has 2 aromatic carbocycles. The molecule has 7 nitrogen and oxygen atoms in total. The summed E-state index contributed by atoms with van der Waals surface area (Å²) in [5.74, 6) is -1.78. The van der Waals surface area contributed by atoms with E-state index in [1.165, 1.54) is 31.2 Å². The standard InChI is InChI=1S/C19H16N2O5/c1-11(18(23)21-14-8-6-12(7-9-14)17(20)22)25-19(24)16-10-13-4-2-3-5-15(13)26-16/h2-11H,1H3,(H2,20,22)(H,21,23)/t11-/m0/s1. The van der Waals surface area contributed by atoms with Gasteiger partial charge in [-0.3, -0.25) is 9.59 Å². The summed E-state index contributed by atoms with van der Waals surface area (Å²) < 4.78 is 10.6. The van der Waals surface area contributed by atoms with Crippen LogP contribution in [0.2, 0.25) is 0 Å². The van der Waals surface area contributed by atoms with Crippen molar-refractivity contribution >= 4 is 34.4 Å². The molecule has 0 unspecified atom stereocenters. The van der Waals surface area contributed by atoms with Crippen molar-refractivity contribution in [2.24, 2.45) is 5.73 Å². The van der Waals surface area contributed by atoms with Gasteiger partial charge in [0.25, 0.3) is 5.91 Å². The average molecular weight is 352 g/mol. The van der Waals surface area contributed by atoms with E-state index >= 15 is 0 Å². The second kappa shape index (κ2) is 7.10. The van der Waals surface area contributed by atoms with Gasteiger partial charge in [-0.15, -0.1) is 0 Å². The summed E-state index contributed by atoms with van der Waals surface area (Å²) in [6.07, 6.45) is -1.04. The number of hydrogen-bond acceptors (Lipinski definition) is 5. The number of hydrogen-bond donors (Lipinski definition) is 2. The Hall–Kier alpha value is -3.61. The van der Waals surface area contributed by atoms with Gasteiger partial charge in [0.15, 0.2) is 6.10 Å². The first-order valence-corrected chi connectivity index (χ1v) is 7.84. The highest BCUT2D eigenvalue weighted by molar-refractivity contribution is 5.98. The van der Waals surface area contributed by atoms with E-state index in [-0.39, 0.29) is 5.76 Å². The maximum Gasteiger partial charge on any atom is 0.375 e. The summed E-state index contributed by atoms with van der Waals surface area (Å²) >= 11 is 0. The Morgan fingerprint density at radius 2 is 1.77 bits per heavy atom. The summed E-state index contributed by atoms with van der Waals surface area (Å²) in [4.78, 5) is 35.3. The van der Waals surface area contributed by atoms with E-state index in [9.17, 15) is 14.4 Å². The Morgan fingerprint density at radius 3 is 2.42 bits per heavy atom. The number of esters is 1. The number of ether oxygens (including phenoxy) is 1. The number of nitrogens with one attached hydrogen (secondary N) is 1. The van der Waals surface area contributed by atoms with Crippen LogP contribution in [-0.2, 0) is 9.53 Å². The number of anilines is 1. The van der Waals surface area contributed by atoms with Crippen LogP contribution in [0.3, 0.4) is 0 Å². The fraction of sp³-hybridized carbons (Fsp3) is 0.105. The first-order valence-electron chi connectivity index (χ1n) is 7.84. The van der Waals surface area contributed by atoms with Crippen molar-refractivity contribution in [1.29, 1.82) is 0 Å². The summed E-state index contributed by atoms with van der Waals surface area (Å²) in [6.45, 7) is 1.45. The lowest BCUT2D eigenvalue weighted by Gasteiger charge is -2.12. The number of carbonyl (C=O) groups excluding carboxylic acids is 3. The topological polar surface area (TPSA) is 112 Å². The van der Waals surface area contributed by atoms with Gasteiger partial charge in [0, 0.05) is 16.6 Å². The van der Waals surface area contributed by atoms with Crippen molar-refractivity contribution in [1.82, 2.24) is 0 Å². The molecule has 2 amide bonds. The summed E-state index contributed by atoms with van der Waals surface area (Å²) in [5, 5.41) is 3.36. The van der Waals surface area contributed by atoms with Gasteiger partial charge in [0.1, 0.15) is 5.58 Å². The highest BCUT2D eigenvalue weighted by atomic mass is 16.6. The molecule has 0 aliphatic rings. The molecule has 7 heteroatoms. The van der Waals surface area contributed by atoms with Crippen LogP contribution in [0.15, 0.2) is 59.0 Å². The van der Waals surface area contributed by atoms with E-state index in [1.807, 2.05) is 12.1 Å². The number of primary amides is 1. The van der Waals surface area contributed by atoms with Crippen molar-refractivity contribution in [2.75, 3.05) is 5.32 Å². The molecule has 0 aliphatic heterocycles. The molecule has 0 fully saturated rings. The molecule has 0 saturated heterocycles. The molecule has 0 saturated carbocycles. The normalized spacial score (nSPS) is 11.7. The zero-order valence-corrected chi connectivity index (χ0v) is 13.9. The van der Waals surface area contributed by atoms with Gasteiger partial charge in [-0.25, -0.2) is 4.79 Å². The second-order valence-electron chi connectivity index (χ2n) is 5.63. The molecule has 26 heavy (non-hydrogen) atoms. The van der Waals surface area contributed by atoms with Gasteiger partial charge in [-0.05, 0) is 43.3 Å². The van der Waals surface area contributed by atoms with E-state index in [2.05, 4.69) is 5.32 Å². The third-order valence-electron chi connectivity index (χ3n) is 3.72. The third-order valence-corrected chi connectivity index (χ3v) is 3.72. The van der Waals surface area contributed by atoms with Gasteiger partial charge < -0.3 is 20.2 Å². The Balaban J connectivity index is 1.62. The fourth-order valence-corrected chi connectivity index (χ4v) is 2.32. The molecule has 3 aromatic rings. The lowest BCUT2D eigenvalue weighted by atomic mass is 10.2. The number of fused-ring (bicyclic) bond motifs is 1. The predicted octanol–water partition coefficient (Wildman–Crippen LogP) is 2.72. The number of rotatable bonds is 5. The molecule has 132 valence electrons. The van der Waals surface area contributed by atoms with Crippen LogP contribution >= 0.6 is 0 Å². The summed E-state index contributed by atoms with van der Waals surface area (Å²) in [6, 6.07) is 14.8. The van der Waals surface area contributed by atoms with E-state index in [0.29, 0.717) is 16.8 Å². The lowest BCUT2D eigenvalue weighted by Crippen LogP contribution is -2.29. The van der Waals surface area contributed by atoms with Crippen LogP contribution in [0.1, 0.15) is 27.8 Å². The second-order valence-corrected chi connectivity index (χ2v) is 5.63. The zero-order valence-electron chi connectivity index (χ0n) is 13.9. The van der Waals surface area contributed by atoms with Crippen molar-refractivity contribution in [3.8, 4) is 0 Å². The minimum atomic E-state index is -1.04. The van der Waals surface area contributed by atoms with Gasteiger partial charge in [0.05, 0.1) is 0 Å². The summed E-state index contributed by atoms with van der Waals surface area (Å²) in [7, 11) is 0. The number of carbonyl (C=O) groups is 3. The smallest absolute Gasteiger partial charge is 0.375 e. The molecule has 0 radical (unpaired) electrons. The first-order chi connectivity index (χ1) is 12.4. The van der Waals surface area contributed by atoms with Crippen LogP contribution in [0.25, 0.3) is 11.0 Å². The first kappa shape index (κ1) is 17.2. The zero-order chi connectivity index (χ0) is 18.7. The largest absolute Gasteiger partial charge is 0.449 e. The van der Waals surface area contributed by atoms with E-state index in [4.69, 9.17) is 14.9 Å². The van der Waals surface area contributed by atoms with E-state index in [0.717, 1.165) is 5.39 Å². The average Bonchev–Trinajstić information content (AvgIpc) is 3.06. The SMILES string of the molecule is C[C@H](OC(=O)c1cc2ccccc2o1)C(=O)Nc1ccc(C(N)=O)cc1. The quantitative estimate of drug-likeness (QED) is 0.686. The Kier molecular flexibility index (Phi) is 4.70. The van der Waals surface area contributed by atoms with Crippen LogP contribution in [0.5, 0.6) is 0 Å². The molecule has 3 rings (SSSR count). The van der Waals surface area contributed by atoms with Gasteiger partial charge in [-0.2, -0.15) is 0 Å². The van der Waals surface area contributed by atoms with E-state index in [1.54, 1.807) is 18.2 Å². The highest BCUT2D eigenvalue weighted by Gasteiger charge is 2.21. The molecule has 3 N–H and O–H groups in total. The molecule has 0 bridgehead atoms. The van der Waals surface area contributed by atoms with Crippen molar-refractivity contribution in [3.05, 3.63) is 65.9 Å². The Morgan fingerprint density at radius 1 is 1.08 bits per heavy atom. The predicted molar refractivity (Wildman–Crippen MR) is 94.7 cm³/mol. The van der Waals surface area contributed by atoms with Gasteiger partial charge in [0.2, 0.25) is 11.7 Å². The number of furan rings is 1. The lowest BCUT2D eigenvalue weighted by molar-refractivity contribution is -0.123. The van der Waals surface area contributed by atoms with E-state index < -0.39 is 23.9 Å². The fourth-order valence-electron chi connectivity index (χ4n) is 2.32.